The molecule has 0 aromatic rings. The molecule has 2 atom stereocenters. The molecule has 1 aliphatic heterocycles. The molecule has 0 aromatic heterocycles. The van der Waals surface area contributed by atoms with Crippen molar-refractivity contribution in [3.8, 4) is 0 Å². The summed E-state index contributed by atoms with van der Waals surface area (Å²) in [4.78, 5) is 2.72. The van der Waals surface area contributed by atoms with Gasteiger partial charge in [0.15, 0.2) is 0 Å². The van der Waals surface area contributed by atoms with Crippen LogP contribution in [0.15, 0.2) is 0 Å². The first-order valence-electron chi connectivity index (χ1n) is 7.83. The normalized spacial score (nSPS) is 23.8. The fourth-order valence-electron chi connectivity index (χ4n) is 3.27. The summed E-state index contributed by atoms with van der Waals surface area (Å²) >= 11 is 0. The molecule has 2 unspecified atom stereocenters. The summed E-state index contributed by atoms with van der Waals surface area (Å²) < 4.78 is 0. The monoisotopic (exact) mass is 254 g/mol. The van der Waals surface area contributed by atoms with Crippen molar-refractivity contribution in [1.82, 2.24) is 10.2 Å². The number of nitrogens with one attached hydrogen (secondary N) is 1. The summed E-state index contributed by atoms with van der Waals surface area (Å²) in [5, 5.41) is 3.66. The number of nitrogens with zero attached hydrogens (tertiary/aromatic N) is 1. The first kappa shape index (κ1) is 16.0. The second kappa shape index (κ2) is 6.91. The van der Waals surface area contributed by atoms with E-state index in [9.17, 15) is 0 Å². The average Bonchev–Trinajstić information content (AvgIpc) is 2.70. The lowest BCUT2D eigenvalue weighted by Crippen LogP contribution is -2.44. The Kier molecular flexibility index (Phi) is 6.13. The molecular weight excluding hydrogens is 220 g/mol. The molecule has 108 valence electrons. The molecule has 2 nitrogen and oxygen atoms in total. The minimum atomic E-state index is 0.364. The van der Waals surface area contributed by atoms with Gasteiger partial charge in [0, 0.05) is 12.1 Å². The van der Waals surface area contributed by atoms with Crippen molar-refractivity contribution in [3.05, 3.63) is 0 Å². The smallest absolute Gasteiger partial charge is 0.0128 e. The highest BCUT2D eigenvalue weighted by Gasteiger charge is 2.29. The van der Waals surface area contributed by atoms with Crippen molar-refractivity contribution >= 4 is 0 Å². The SMILES string of the molecule is CCNC(CCN1CCCC1C(C)C)C(C)(C)C. The first-order valence-corrected chi connectivity index (χ1v) is 7.83. The molecule has 1 rings (SSSR count). The van der Waals surface area contributed by atoms with Crippen LogP contribution in [0.5, 0.6) is 0 Å². The molecule has 1 N–H and O–H groups in total. The van der Waals surface area contributed by atoms with Crippen LogP contribution >= 0.6 is 0 Å². The van der Waals surface area contributed by atoms with E-state index in [0.29, 0.717) is 11.5 Å². The Bertz CT molecular complexity index is 230. The van der Waals surface area contributed by atoms with E-state index in [4.69, 9.17) is 0 Å². The maximum Gasteiger partial charge on any atom is 0.0128 e. The first-order chi connectivity index (χ1) is 8.36. The third kappa shape index (κ3) is 4.55. The van der Waals surface area contributed by atoms with Gasteiger partial charge in [0.1, 0.15) is 0 Å². The minimum absolute atomic E-state index is 0.364. The van der Waals surface area contributed by atoms with Gasteiger partial charge in [0.25, 0.3) is 0 Å². The van der Waals surface area contributed by atoms with Crippen LogP contribution in [0.4, 0.5) is 0 Å². The molecule has 1 saturated heterocycles. The fourth-order valence-corrected chi connectivity index (χ4v) is 3.27. The van der Waals surface area contributed by atoms with Gasteiger partial charge in [0.05, 0.1) is 0 Å². The molecule has 2 heteroatoms. The van der Waals surface area contributed by atoms with Crippen LogP contribution in [0.1, 0.15) is 60.8 Å². The number of likely N-dealkylation sites (tertiary alicyclic amines) is 1. The minimum Gasteiger partial charge on any atom is -0.314 e. The maximum atomic E-state index is 3.66. The van der Waals surface area contributed by atoms with Crippen molar-refractivity contribution in [3.63, 3.8) is 0 Å². The zero-order chi connectivity index (χ0) is 13.8. The van der Waals surface area contributed by atoms with Gasteiger partial charge in [-0.3, -0.25) is 0 Å². The molecule has 0 saturated carbocycles. The summed E-state index contributed by atoms with van der Waals surface area (Å²) in [5.41, 5.74) is 0.364. The summed E-state index contributed by atoms with van der Waals surface area (Å²) in [6.45, 7) is 17.7. The summed E-state index contributed by atoms with van der Waals surface area (Å²) in [5.74, 6) is 0.805. The van der Waals surface area contributed by atoms with Crippen LogP contribution in [0.2, 0.25) is 0 Å². The topological polar surface area (TPSA) is 15.3 Å². The van der Waals surface area contributed by atoms with Crippen LogP contribution in [-0.4, -0.2) is 36.6 Å². The Balaban J connectivity index is 2.46. The van der Waals surface area contributed by atoms with E-state index in [2.05, 4.69) is 51.8 Å². The second-order valence-electron chi connectivity index (χ2n) is 7.25. The zero-order valence-corrected chi connectivity index (χ0v) is 13.4. The van der Waals surface area contributed by atoms with Crippen LogP contribution < -0.4 is 5.32 Å². The Morgan fingerprint density at radius 1 is 1.28 bits per heavy atom. The van der Waals surface area contributed by atoms with Gasteiger partial charge in [0.2, 0.25) is 0 Å². The van der Waals surface area contributed by atoms with Gasteiger partial charge < -0.3 is 10.2 Å². The van der Waals surface area contributed by atoms with Gasteiger partial charge in [-0.15, -0.1) is 0 Å². The molecule has 0 spiro atoms. The molecule has 0 bridgehead atoms. The van der Waals surface area contributed by atoms with E-state index in [1.54, 1.807) is 0 Å². The van der Waals surface area contributed by atoms with Gasteiger partial charge >= 0.3 is 0 Å². The molecule has 0 aromatic carbocycles. The van der Waals surface area contributed by atoms with Gasteiger partial charge in [-0.1, -0.05) is 41.5 Å². The van der Waals surface area contributed by atoms with Gasteiger partial charge in [-0.2, -0.15) is 0 Å². The third-order valence-corrected chi connectivity index (χ3v) is 4.38. The molecule has 1 heterocycles. The average molecular weight is 254 g/mol. The summed E-state index contributed by atoms with van der Waals surface area (Å²) in [6.07, 6.45) is 4.07. The quantitative estimate of drug-likeness (QED) is 0.780. The zero-order valence-electron chi connectivity index (χ0n) is 13.4. The molecule has 1 fully saturated rings. The standard InChI is InChI=1S/C16H34N2/c1-7-17-15(16(4,5)6)10-12-18-11-8-9-14(18)13(2)3/h13-15,17H,7-12H2,1-6H3. The summed E-state index contributed by atoms with van der Waals surface area (Å²) in [6, 6.07) is 1.46. The van der Waals surface area contributed by atoms with E-state index in [1.807, 2.05) is 0 Å². The Labute approximate surface area is 115 Å². The largest absolute Gasteiger partial charge is 0.314 e. The van der Waals surface area contributed by atoms with E-state index in [0.717, 1.165) is 18.5 Å². The van der Waals surface area contributed by atoms with Crippen molar-refractivity contribution in [2.75, 3.05) is 19.6 Å². The van der Waals surface area contributed by atoms with Crippen LogP contribution in [0, 0.1) is 11.3 Å². The molecule has 0 aliphatic carbocycles. The van der Waals surface area contributed by atoms with Gasteiger partial charge in [-0.05, 0) is 50.2 Å². The number of hydrogen-bond donors (Lipinski definition) is 1. The Hall–Kier alpha value is -0.0800. The predicted molar refractivity (Wildman–Crippen MR) is 81.0 cm³/mol. The van der Waals surface area contributed by atoms with E-state index in [-0.39, 0.29) is 0 Å². The Morgan fingerprint density at radius 3 is 2.44 bits per heavy atom. The van der Waals surface area contributed by atoms with E-state index >= 15 is 0 Å². The van der Waals surface area contributed by atoms with Crippen LogP contribution in [-0.2, 0) is 0 Å². The number of hydrogen-bond acceptors (Lipinski definition) is 2. The van der Waals surface area contributed by atoms with Gasteiger partial charge in [-0.25, -0.2) is 0 Å². The van der Waals surface area contributed by atoms with Crippen molar-refractivity contribution in [2.24, 2.45) is 11.3 Å². The van der Waals surface area contributed by atoms with Crippen molar-refractivity contribution in [2.45, 2.75) is 72.9 Å². The lowest BCUT2D eigenvalue weighted by Gasteiger charge is -2.34. The third-order valence-electron chi connectivity index (χ3n) is 4.38. The maximum absolute atomic E-state index is 3.66. The lowest BCUT2D eigenvalue weighted by molar-refractivity contribution is 0.172. The van der Waals surface area contributed by atoms with E-state index in [1.165, 1.54) is 32.4 Å². The molecule has 0 amide bonds. The lowest BCUT2D eigenvalue weighted by atomic mass is 9.84. The molecule has 1 aliphatic rings. The second-order valence-corrected chi connectivity index (χ2v) is 7.25. The Morgan fingerprint density at radius 2 is 1.94 bits per heavy atom. The highest BCUT2D eigenvalue weighted by molar-refractivity contribution is 4.85. The van der Waals surface area contributed by atoms with Crippen LogP contribution in [0.3, 0.4) is 0 Å². The predicted octanol–water partition coefficient (Wildman–Crippen LogP) is 3.52. The van der Waals surface area contributed by atoms with E-state index < -0.39 is 0 Å². The highest BCUT2D eigenvalue weighted by Crippen LogP contribution is 2.26. The highest BCUT2D eigenvalue weighted by atomic mass is 15.2. The number of rotatable bonds is 6. The molecule has 0 radical (unpaired) electrons. The van der Waals surface area contributed by atoms with Crippen molar-refractivity contribution < 1.29 is 0 Å². The summed E-state index contributed by atoms with van der Waals surface area (Å²) in [7, 11) is 0. The molecular formula is C16H34N2. The van der Waals surface area contributed by atoms with Crippen LogP contribution in [0.25, 0.3) is 0 Å². The molecule has 18 heavy (non-hydrogen) atoms. The fraction of sp³-hybridized carbons (Fsp3) is 1.00. The van der Waals surface area contributed by atoms with Crippen molar-refractivity contribution in [1.29, 1.82) is 0 Å².